The maximum atomic E-state index is 12.4. The fourth-order valence-electron chi connectivity index (χ4n) is 7.58. The van der Waals surface area contributed by atoms with Crippen LogP contribution in [0, 0.1) is 0 Å². The van der Waals surface area contributed by atoms with Gasteiger partial charge in [0.15, 0.2) is 0 Å². The Morgan fingerprint density at radius 3 is 0.941 bits per heavy atom. The molecule has 4 N–H and O–H groups in total. The molecule has 0 bridgehead atoms. The predicted molar refractivity (Wildman–Crippen MR) is 222 cm³/mol. The van der Waals surface area contributed by atoms with Gasteiger partial charge >= 0.3 is 0 Å². The van der Waals surface area contributed by atoms with Crippen molar-refractivity contribution >= 4 is 5.91 Å². The molecule has 0 fully saturated rings. The smallest absolute Gasteiger partial charge is 0.220 e. The SMILES string of the molecule is CCCCCCCCCCCCCCCCCCCCCCCCCCCCCC(=O)NC(CO)C(O)C(O)CCCCCCCCCCCC. The van der Waals surface area contributed by atoms with Crippen molar-refractivity contribution in [2.45, 2.75) is 283 Å². The van der Waals surface area contributed by atoms with Gasteiger partial charge in [-0.1, -0.05) is 245 Å². The second kappa shape index (κ2) is 42.1. The zero-order valence-electron chi connectivity index (χ0n) is 34.8. The first-order chi connectivity index (χ1) is 25.1. The van der Waals surface area contributed by atoms with Crippen molar-refractivity contribution in [1.29, 1.82) is 0 Å². The molecule has 306 valence electrons. The van der Waals surface area contributed by atoms with Gasteiger partial charge in [-0.25, -0.2) is 0 Å². The van der Waals surface area contributed by atoms with E-state index in [0.29, 0.717) is 12.8 Å². The molecule has 0 saturated heterocycles. The van der Waals surface area contributed by atoms with E-state index in [1.807, 2.05) is 0 Å². The van der Waals surface area contributed by atoms with Gasteiger partial charge in [0, 0.05) is 6.42 Å². The number of aliphatic hydroxyl groups excluding tert-OH is 3. The summed E-state index contributed by atoms with van der Waals surface area (Å²) in [4.78, 5) is 12.4. The third-order valence-electron chi connectivity index (χ3n) is 11.2. The Kier molecular flexibility index (Phi) is 41.6. The van der Waals surface area contributed by atoms with Crippen LogP contribution in [0.5, 0.6) is 0 Å². The normalized spacial score (nSPS) is 13.4. The Bertz CT molecular complexity index is 674. The van der Waals surface area contributed by atoms with Crippen LogP contribution in [0.15, 0.2) is 0 Å². The summed E-state index contributed by atoms with van der Waals surface area (Å²) in [5, 5.41) is 33.4. The Hall–Kier alpha value is -0.650. The van der Waals surface area contributed by atoms with Gasteiger partial charge in [-0.15, -0.1) is 0 Å². The molecule has 0 heterocycles. The van der Waals surface area contributed by atoms with Crippen molar-refractivity contribution in [3.05, 3.63) is 0 Å². The zero-order chi connectivity index (χ0) is 37.3. The van der Waals surface area contributed by atoms with Crippen molar-refractivity contribution in [2.75, 3.05) is 6.61 Å². The molecule has 0 aliphatic carbocycles. The minimum Gasteiger partial charge on any atom is -0.394 e. The molecule has 0 rings (SSSR count). The average molecular weight is 724 g/mol. The highest BCUT2D eigenvalue weighted by atomic mass is 16.3. The summed E-state index contributed by atoms with van der Waals surface area (Å²) in [6.07, 6.45) is 48.1. The lowest BCUT2D eigenvalue weighted by molar-refractivity contribution is -0.124. The highest BCUT2D eigenvalue weighted by molar-refractivity contribution is 5.76. The van der Waals surface area contributed by atoms with E-state index in [0.717, 1.165) is 38.5 Å². The summed E-state index contributed by atoms with van der Waals surface area (Å²) in [5.41, 5.74) is 0. The van der Waals surface area contributed by atoms with Gasteiger partial charge < -0.3 is 20.6 Å². The van der Waals surface area contributed by atoms with Crippen molar-refractivity contribution in [1.82, 2.24) is 5.32 Å². The van der Waals surface area contributed by atoms with Crippen LogP contribution in [0.2, 0.25) is 0 Å². The lowest BCUT2D eigenvalue weighted by atomic mass is 9.99. The van der Waals surface area contributed by atoms with E-state index in [1.54, 1.807) is 0 Å². The Morgan fingerprint density at radius 2 is 0.667 bits per heavy atom. The van der Waals surface area contributed by atoms with Gasteiger partial charge in [0.1, 0.15) is 6.10 Å². The van der Waals surface area contributed by atoms with Crippen molar-refractivity contribution in [3.63, 3.8) is 0 Å². The molecule has 3 unspecified atom stereocenters. The largest absolute Gasteiger partial charge is 0.394 e. The maximum absolute atomic E-state index is 12.4. The summed E-state index contributed by atoms with van der Waals surface area (Å²) in [5.74, 6) is -0.140. The summed E-state index contributed by atoms with van der Waals surface area (Å²) >= 11 is 0. The third kappa shape index (κ3) is 37.5. The van der Waals surface area contributed by atoms with Crippen LogP contribution in [0.4, 0.5) is 0 Å². The molecule has 1 amide bonds. The van der Waals surface area contributed by atoms with E-state index in [4.69, 9.17) is 0 Å². The highest BCUT2D eigenvalue weighted by Gasteiger charge is 2.26. The number of hydrogen-bond acceptors (Lipinski definition) is 4. The maximum Gasteiger partial charge on any atom is 0.220 e. The van der Waals surface area contributed by atoms with Gasteiger partial charge in [0.05, 0.1) is 18.8 Å². The summed E-state index contributed by atoms with van der Waals surface area (Å²) in [7, 11) is 0. The topological polar surface area (TPSA) is 89.8 Å². The standard InChI is InChI=1S/C46H93NO4/c1-3-5-7-9-11-13-15-16-17-18-19-20-21-22-23-24-25-26-27-28-29-30-31-33-35-37-39-41-45(50)47-43(42-48)46(51)44(49)40-38-36-34-32-14-12-10-8-6-4-2/h43-44,46,48-49,51H,3-42H2,1-2H3,(H,47,50). The first kappa shape index (κ1) is 50.4. The van der Waals surface area contributed by atoms with E-state index >= 15 is 0 Å². The second-order valence-corrected chi connectivity index (χ2v) is 16.3. The van der Waals surface area contributed by atoms with Crippen LogP contribution in [0.3, 0.4) is 0 Å². The van der Waals surface area contributed by atoms with Crippen molar-refractivity contribution < 1.29 is 20.1 Å². The first-order valence-corrected chi connectivity index (χ1v) is 23.3. The van der Waals surface area contributed by atoms with E-state index in [-0.39, 0.29) is 12.5 Å². The second-order valence-electron chi connectivity index (χ2n) is 16.3. The molecule has 0 aromatic rings. The number of carbonyl (C=O) groups excluding carboxylic acids is 1. The molecule has 0 spiro atoms. The Labute approximate surface area is 319 Å². The van der Waals surface area contributed by atoms with Gasteiger partial charge in [-0.2, -0.15) is 0 Å². The molecule has 5 nitrogen and oxygen atoms in total. The van der Waals surface area contributed by atoms with Crippen molar-refractivity contribution in [2.24, 2.45) is 0 Å². The number of hydrogen-bond donors (Lipinski definition) is 4. The minimum atomic E-state index is -1.13. The molecule has 5 heteroatoms. The van der Waals surface area contributed by atoms with E-state index in [2.05, 4.69) is 19.2 Å². The summed E-state index contributed by atoms with van der Waals surface area (Å²) < 4.78 is 0. The van der Waals surface area contributed by atoms with E-state index < -0.39 is 18.2 Å². The number of aliphatic hydroxyl groups is 3. The molecule has 0 radical (unpaired) electrons. The van der Waals surface area contributed by atoms with Crippen molar-refractivity contribution in [3.8, 4) is 0 Å². The summed E-state index contributed by atoms with van der Waals surface area (Å²) in [6, 6.07) is -0.801. The quantitative estimate of drug-likeness (QED) is 0.0472. The highest BCUT2D eigenvalue weighted by Crippen LogP contribution is 2.17. The predicted octanol–water partition coefficient (Wildman–Crippen LogP) is 13.4. The number of amides is 1. The molecule has 0 aliphatic rings. The summed E-state index contributed by atoms with van der Waals surface area (Å²) in [6.45, 7) is 4.18. The number of carbonyl (C=O) groups is 1. The zero-order valence-corrected chi connectivity index (χ0v) is 34.8. The van der Waals surface area contributed by atoms with E-state index in [9.17, 15) is 20.1 Å². The Balaban J connectivity index is 3.46. The van der Waals surface area contributed by atoms with Crippen LogP contribution < -0.4 is 5.32 Å². The van der Waals surface area contributed by atoms with Crippen LogP contribution in [-0.2, 0) is 4.79 Å². The first-order valence-electron chi connectivity index (χ1n) is 23.3. The van der Waals surface area contributed by atoms with Gasteiger partial charge in [0.2, 0.25) is 5.91 Å². The minimum absolute atomic E-state index is 0.140. The molecule has 0 aliphatic heterocycles. The van der Waals surface area contributed by atoms with Crippen LogP contribution in [-0.4, -0.2) is 46.1 Å². The van der Waals surface area contributed by atoms with Gasteiger partial charge in [-0.05, 0) is 12.8 Å². The number of unbranched alkanes of at least 4 members (excludes halogenated alkanes) is 35. The lowest BCUT2D eigenvalue weighted by Gasteiger charge is -2.26. The molecular formula is C46H93NO4. The Morgan fingerprint density at radius 1 is 0.412 bits per heavy atom. The molecular weight excluding hydrogens is 631 g/mol. The van der Waals surface area contributed by atoms with Gasteiger partial charge in [0.25, 0.3) is 0 Å². The fraction of sp³-hybridized carbons (Fsp3) is 0.978. The molecule has 0 aromatic heterocycles. The van der Waals surface area contributed by atoms with Crippen LogP contribution >= 0.6 is 0 Å². The molecule has 51 heavy (non-hydrogen) atoms. The van der Waals surface area contributed by atoms with Crippen LogP contribution in [0.1, 0.15) is 264 Å². The molecule has 0 aromatic carbocycles. The fourth-order valence-corrected chi connectivity index (χ4v) is 7.58. The number of rotatable bonds is 43. The average Bonchev–Trinajstić information content (AvgIpc) is 3.13. The molecule has 3 atom stereocenters. The molecule has 0 saturated carbocycles. The van der Waals surface area contributed by atoms with Crippen LogP contribution in [0.25, 0.3) is 0 Å². The monoisotopic (exact) mass is 724 g/mol. The lowest BCUT2D eigenvalue weighted by Crippen LogP contribution is -2.50. The number of nitrogens with one attached hydrogen (secondary N) is 1. The third-order valence-corrected chi connectivity index (χ3v) is 11.2. The van der Waals surface area contributed by atoms with Gasteiger partial charge in [-0.3, -0.25) is 4.79 Å². The van der Waals surface area contributed by atoms with E-state index in [1.165, 1.54) is 199 Å².